The Morgan fingerprint density at radius 3 is 3.06 bits per heavy atom. The monoisotopic (exact) mass is 345 g/mol. The zero-order valence-corrected chi connectivity index (χ0v) is 12.2. The number of nitrogens with two attached hydrogens (primary N) is 1. The molecule has 2 heterocycles. The topological polar surface area (TPSA) is 68.0 Å². The Labute approximate surface area is 121 Å². The third kappa shape index (κ3) is 3.08. The van der Waals surface area contributed by atoms with Gasteiger partial charge in [0.2, 0.25) is 5.91 Å². The number of anilines is 1. The van der Waals surface area contributed by atoms with Gasteiger partial charge in [-0.05, 0) is 33.4 Å². The van der Waals surface area contributed by atoms with Crippen molar-refractivity contribution < 1.29 is 4.79 Å². The predicted molar refractivity (Wildman–Crippen MR) is 76.8 cm³/mol. The first-order valence-electron chi connectivity index (χ1n) is 4.99. The van der Waals surface area contributed by atoms with Crippen molar-refractivity contribution in [2.45, 2.75) is 6.04 Å². The van der Waals surface area contributed by atoms with E-state index in [1.54, 1.807) is 6.07 Å². The maximum absolute atomic E-state index is 12.0. The minimum atomic E-state index is -0.698. The first kappa shape index (κ1) is 13.5. The summed E-state index contributed by atoms with van der Waals surface area (Å²) < 4.78 is 0.513. The molecule has 2 aromatic rings. The van der Waals surface area contributed by atoms with Crippen LogP contribution in [0.15, 0.2) is 34.4 Å². The van der Waals surface area contributed by atoms with Crippen LogP contribution in [0, 0.1) is 0 Å². The number of amides is 1. The van der Waals surface area contributed by atoms with Crippen molar-refractivity contribution in [3.63, 3.8) is 0 Å². The summed E-state index contributed by atoms with van der Waals surface area (Å²) in [6.45, 7) is 0. The van der Waals surface area contributed by atoms with Crippen LogP contribution in [0.1, 0.15) is 10.9 Å². The Kier molecular flexibility index (Phi) is 4.34. The quantitative estimate of drug-likeness (QED) is 0.839. The summed E-state index contributed by atoms with van der Waals surface area (Å²) in [5.41, 5.74) is 6.35. The van der Waals surface area contributed by atoms with Crippen molar-refractivity contribution in [2.75, 3.05) is 5.32 Å². The number of hydrogen-bond acceptors (Lipinski definition) is 4. The molecule has 0 radical (unpaired) electrons. The molecule has 7 heteroatoms. The summed E-state index contributed by atoms with van der Waals surface area (Å²) in [5.74, 6) is -0.304. The summed E-state index contributed by atoms with van der Waals surface area (Å²) >= 11 is 10.5. The summed E-state index contributed by atoms with van der Waals surface area (Å²) in [6.07, 6.45) is 1.49. The van der Waals surface area contributed by atoms with Gasteiger partial charge in [-0.25, -0.2) is 4.98 Å². The summed E-state index contributed by atoms with van der Waals surface area (Å²) in [7, 11) is 0. The van der Waals surface area contributed by atoms with Crippen LogP contribution in [0.3, 0.4) is 0 Å². The molecule has 2 aromatic heterocycles. The van der Waals surface area contributed by atoms with Crippen molar-refractivity contribution in [1.82, 2.24) is 4.98 Å². The van der Waals surface area contributed by atoms with Gasteiger partial charge in [0.1, 0.15) is 10.6 Å². The molecule has 0 fully saturated rings. The van der Waals surface area contributed by atoms with Crippen molar-refractivity contribution in [1.29, 1.82) is 0 Å². The standard InChI is InChI=1S/C11H9BrClN3OS/c12-10-7(4-6(13)5-15-10)16-11(17)9(14)8-2-1-3-18-8/h1-5,9H,14H2,(H,16,17). The third-order valence-electron chi connectivity index (χ3n) is 2.20. The normalized spacial score (nSPS) is 12.2. The molecule has 1 amide bonds. The van der Waals surface area contributed by atoms with E-state index in [4.69, 9.17) is 17.3 Å². The molecule has 0 bridgehead atoms. The molecule has 0 spiro atoms. The number of aromatic nitrogens is 1. The summed E-state index contributed by atoms with van der Waals surface area (Å²) in [4.78, 5) is 16.7. The average Bonchev–Trinajstić information content (AvgIpc) is 2.86. The number of thiophene rings is 1. The molecular weight excluding hydrogens is 338 g/mol. The number of carbonyl (C=O) groups is 1. The molecule has 0 aliphatic carbocycles. The van der Waals surface area contributed by atoms with Gasteiger partial charge in [-0.1, -0.05) is 17.7 Å². The molecule has 18 heavy (non-hydrogen) atoms. The molecule has 4 nitrogen and oxygen atoms in total. The highest BCUT2D eigenvalue weighted by Crippen LogP contribution is 2.25. The lowest BCUT2D eigenvalue weighted by Crippen LogP contribution is -2.27. The molecule has 3 N–H and O–H groups in total. The molecule has 0 aliphatic heterocycles. The van der Waals surface area contributed by atoms with Crippen molar-refractivity contribution >= 4 is 50.5 Å². The van der Waals surface area contributed by atoms with Gasteiger partial charge in [0, 0.05) is 11.1 Å². The van der Waals surface area contributed by atoms with Crippen LogP contribution < -0.4 is 11.1 Å². The lowest BCUT2D eigenvalue weighted by molar-refractivity contribution is -0.117. The van der Waals surface area contributed by atoms with Crippen LogP contribution in [0.4, 0.5) is 5.69 Å². The van der Waals surface area contributed by atoms with E-state index >= 15 is 0 Å². The Bertz CT molecular complexity index is 561. The number of rotatable bonds is 3. The molecule has 0 saturated carbocycles. The second-order valence-electron chi connectivity index (χ2n) is 3.47. The number of nitrogens with one attached hydrogen (secondary N) is 1. The molecule has 0 aromatic carbocycles. The molecule has 1 unspecified atom stereocenters. The Morgan fingerprint density at radius 1 is 1.61 bits per heavy atom. The number of pyridine rings is 1. The second-order valence-corrected chi connectivity index (χ2v) is 5.64. The lowest BCUT2D eigenvalue weighted by Gasteiger charge is -2.11. The van der Waals surface area contributed by atoms with Gasteiger partial charge in [-0.15, -0.1) is 11.3 Å². The van der Waals surface area contributed by atoms with E-state index in [9.17, 15) is 4.79 Å². The predicted octanol–water partition coefficient (Wildman–Crippen LogP) is 3.20. The fourth-order valence-corrected chi connectivity index (χ4v) is 2.52. The van der Waals surface area contributed by atoms with Gasteiger partial charge in [-0.2, -0.15) is 0 Å². The van der Waals surface area contributed by atoms with Gasteiger partial charge in [0.15, 0.2) is 0 Å². The van der Waals surface area contributed by atoms with Gasteiger partial charge in [-0.3, -0.25) is 4.79 Å². The van der Waals surface area contributed by atoms with Gasteiger partial charge < -0.3 is 11.1 Å². The van der Waals surface area contributed by atoms with Gasteiger partial charge >= 0.3 is 0 Å². The van der Waals surface area contributed by atoms with Crippen LogP contribution in [0.5, 0.6) is 0 Å². The average molecular weight is 347 g/mol. The van der Waals surface area contributed by atoms with E-state index in [0.717, 1.165) is 4.88 Å². The first-order chi connectivity index (χ1) is 8.58. The Hall–Kier alpha value is -0.950. The van der Waals surface area contributed by atoms with Crippen molar-refractivity contribution in [3.05, 3.63) is 44.3 Å². The highest BCUT2D eigenvalue weighted by Gasteiger charge is 2.18. The SMILES string of the molecule is NC(C(=O)Nc1cc(Cl)cnc1Br)c1cccs1. The van der Waals surface area contributed by atoms with Gasteiger partial charge in [0.25, 0.3) is 0 Å². The van der Waals surface area contributed by atoms with Crippen molar-refractivity contribution in [3.8, 4) is 0 Å². The van der Waals surface area contributed by atoms with Crippen LogP contribution in [0.25, 0.3) is 0 Å². The largest absolute Gasteiger partial charge is 0.322 e. The number of halogens is 2. The smallest absolute Gasteiger partial charge is 0.246 e. The second kappa shape index (κ2) is 5.79. The fraction of sp³-hybridized carbons (Fsp3) is 0.0909. The van der Waals surface area contributed by atoms with Crippen LogP contribution in [-0.4, -0.2) is 10.9 Å². The summed E-state index contributed by atoms with van der Waals surface area (Å²) in [5, 5.41) is 5.01. The van der Waals surface area contributed by atoms with Crippen LogP contribution in [0.2, 0.25) is 5.02 Å². The van der Waals surface area contributed by atoms with E-state index in [-0.39, 0.29) is 5.91 Å². The third-order valence-corrected chi connectivity index (χ3v) is 3.99. The van der Waals surface area contributed by atoms with Gasteiger partial charge in [0.05, 0.1) is 10.7 Å². The highest BCUT2D eigenvalue weighted by atomic mass is 79.9. The molecule has 2 rings (SSSR count). The first-order valence-corrected chi connectivity index (χ1v) is 7.04. The maximum Gasteiger partial charge on any atom is 0.246 e. The zero-order chi connectivity index (χ0) is 13.1. The summed E-state index contributed by atoms with van der Waals surface area (Å²) in [6, 6.07) is 4.58. The lowest BCUT2D eigenvalue weighted by atomic mass is 10.2. The minimum Gasteiger partial charge on any atom is -0.322 e. The highest BCUT2D eigenvalue weighted by molar-refractivity contribution is 9.10. The fourth-order valence-electron chi connectivity index (χ4n) is 1.32. The van der Waals surface area contributed by atoms with E-state index in [0.29, 0.717) is 15.3 Å². The molecule has 0 aliphatic rings. The molecule has 0 saturated heterocycles. The molecule has 1 atom stereocenters. The molecular formula is C11H9BrClN3OS. The number of nitrogens with zero attached hydrogens (tertiary/aromatic N) is 1. The molecule has 94 valence electrons. The van der Waals surface area contributed by atoms with Crippen LogP contribution in [-0.2, 0) is 4.79 Å². The van der Waals surface area contributed by atoms with Crippen molar-refractivity contribution in [2.24, 2.45) is 5.73 Å². The van der Waals surface area contributed by atoms with E-state index < -0.39 is 6.04 Å². The van der Waals surface area contributed by atoms with Crippen LogP contribution >= 0.6 is 38.9 Å². The van der Waals surface area contributed by atoms with E-state index in [1.807, 2.05) is 17.5 Å². The number of carbonyl (C=O) groups excluding carboxylic acids is 1. The maximum atomic E-state index is 12.0. The Balaban J connectivity index is 2.14. The Morgan fingerprint density at radius 2 is 2.39 bits per heavy atom. The number of hydrogen-bond donors (Lipinski definition) is 2. The zero-order valence-electron chi connectivity index (χ0n) is 9.06. The van der Waals surface area contributed by atoms with E-state index in [2.05, 4.69) is 26.2 Å². The van der Waals surface area contributed by atoms with E-state index in [1.165, 1.54) is 17.5 Å². The minimum absolute atomic E-state index is 0.304.